The molecule has 0 aliphatic carbocycles. The molecule has 0 heterocycles. The molecule has 1 rings (SSSR count). The van der Waals surface area contributed by atoms with Gasteiger partial charge in [0.2, 0.25) is 0 Å². The van der Waals surface area contributed by atoms with Crippen LogP contribution >= 0.6 is 0 Å². The van der Waals surface area contributed by atoms with Gasteiger partial charge in [-0.05, 0) is 19.1 Å². The summed E-state index contributed by atoms with van der Waals surface area (Å²) in [4.78, 5) is 22.5. The van der Waals surface area contributed by atoms with E-state index in [0.717, 1.165) is 0 Å². The molecule has 0 atom stereocenters. The van der Waals surface area contributed by atoms with Crippen molar-refractivity contribution >= 4 is 17.7 Å². The summed E-state index contributed by atoms with van der Waals surface area (Å²) in [6, 6.07) is 6.43. The number of para-hydroxylation sites is 1. The van der Waals surface area contributed by atoms with Gasteiger partial charge in [0.1, 0.15) is 7.11 Å². The number of carbonyl (C=O) groups is 2. The Hall–Kier alpha value is -2.04. The smallest absolute Gasteiger partial charge is 0.411 e. The lowest BCUT2D eigenvalue weighted by molar-refractivity contribution is 0.0655. The maximum absolute atomic E-state index is 11.3. The normalized spacial score (nSPS) is 9.38. The Bertz CT molecular complexity index is 389. The van der Waals surface area contributed by atoms with Crippen molar-refractivity contribution in [3.8, 4) is 0 Å². The number of amides is 1. The van der Waals surface area contributed by atoms with Crippen LogP contribution in [0.4, 0.5) is 10.5 Å². The zero-order valence-corrected chi connectivity index (χ0v) is 8.86. The molecular weight excluding hydrogens is 210 g/mol. The number of rotatable bonds is 3. The number of benzene rings is 1. The quantitative estimate of drug-likeness (QED) is 0.796. The zero-order chi connectivity index (χ0) is 12.0. The summed E-state index contributed by atoms with van der Waals surface area (Å²) in [5, 5.41) is 2.44. The van der Waals surface area contributed by atoms with Gasteiger partial charge in [-0.1, -0.05) is 12.1 Å². The van der Waals surface area contributed by atoms with E-state index in [4.69, 9.17) is 4.74 Å². The highest BCUT2D eigenvalue weighted by Gasteiger charge is 2.13. The van der Waals surface area contributed by atoms with Crippen LogP contribution in [0.2, 0.25) is 0 Å². The molecule has 0 aliphatic rings. The molecule has 5 heteroatoms. The topological polar surface area (TPSA) is 64.6 Å². The van der Waals surface area contributed by atoms with Gasteiger partial charge in [0, 0.05) is 0 Å². The van der Waals surface area contributed by atoms with Crippen LogP contribution in [0.3, 0.4) is 0 Å². The Kier molecular flexibility index (Phi) is 4.32. The van der Waals surface area contributed by atoms with Gasteiger partial charge in [0.05, 0.1) is 17.9 Å². The SMILES string of the molecule is [CH2]OC(=O)c1ccccc1NC(=O)OCC. The third-order valence-corrected chi connectivity index (χ3v) is 1.79. The fourth-order valence-electron chi connectivity index (χ4n) is 1.13. The molecule has 0 spiro atoms. The zero-order valence-electron chi connectivity index (χ0n) is 8.86. The maximum Gasteiger partial charge on any atom is 0.411 e. The van der Waals surface area contributed by atoms with E-state index in [1.54, 1.807) is 25.1 Å². The highest BCUT2D eigenvalue weighted by molar-refractivity contribution is 5.99. The van der Waals surface area contributed by atoms with Crippen LogP contribution in [-0.2, 0) is 9.47 Å². The molecule has 0 fully saturated rings. The molecule has 1 amide bonds. The largest absolute Gasteiger partial charge is 0.458 e. The summed E-state index contributed by atoms with van der Waals surface area (Å²) in [5.74, 6) is -0.618. The minimum Gasteiger partial charge on any atom is -0.458 e. The number of hydrogen-bond donors (Lipinski definition) is 1. The molecule has 85 valence electrons. The average Bonchev–Trinajstić information content (AvgIpc) is 2.29. The molecule has 0 aliphatic heterocycles. The molecule has 1 N–H and O–H groups in total. The van der Waals surface area contributed by atoms with E-state index in [1.807, 2.05) is 0 Å². The Morgan fingerprint density at radius 1 is 1.38 bits per heavy atom. The fraction of sp³-hybridized carbons (Fsp3) is 0.182. The first-order valence-corrected chi connectivity index (χ1v) is 4.68. The average molecular weight is 222 g/mol. The highest BCUT2D eigenvalue weighted by Crippen LogP contribution is 2.16. The molecular formula is C11H12NO4. The molecule has 0 aromatic heterocycles. The Balaban J connectivity index is 2.87. The number of hydrogen-bond acceptors (Lipinski definition) is 4. The van der Waals surface area contributed by atoms with Crippen LogP contribution in [0.5, 0.6) is 0 Å². The van der Waals surface area contributed by atoms with E-state index < -0.39 is 12.1 Å². The minimum absolute atomic E-state index is 0.227. The lowest BCUT2D eigenvalue weighted by atomic mass is 10.2. The van der Waals surface area contributed by atoms with Gasteiger partial charge in [-0.3, -0.25) is 5.32 Å². The Morgan fingerprint density at radius 2 is 2.06 bits per heavy atom. The van der Waals surface area contributed by atoms with Gasteiger partial charge < -0.3 is 9.47 Å². The third kappa shape index (κ3) is 2.98. The monoisotopic (exact) mass is 222 g/mol. The van der Waals surface area contributed by atoms with Crippen LogP contribution in [0.1, 0.15) is 17.3 Å². The second-order valence-electron chi connectivity index (χ2n) is 2.82. The lowest BCUT2D eigenvalue weighted by Gasteiger charge is -2.08. The molecule has 16 heavy (non-hydrogen) atoms. The first-order valence-electron chi connectivity index (χ1n) is 4.68. The molecule has 1 aromatic carbocycles. The maximum atomic E-state index is 11.3. The molecule has 0 saturated carbocycles. The second-order valence-corrected chi connectivity index (χ2v) is 2.82. The molecule has 0 unspecified atom stereocenters. The number of ether oxygens (including phenoxy) is 2. The van der Waals surface area contributed by atoms with Crippen molar-refractivity contribution in [1.29, 1.82) is 0 Å². The fourth-order valence-corrected chi connectivity index (χ4v) is 1.13. The molecule has 0 saturated heterocycles. The number of carbonyl (C=O) groups excluding carboxylic acids is 2. The van der Waals surface area contributed by atoms with E-state index in [0.29, 0.717) is 5.69 Å². The van der Waals surface area contributed by atoms with Crippen LogP contribution in [-0.4, -0.2) is 18.7 Å². The van der Waals surface area contributed by atoms with Gasteiger partial charge in [0.15, 0.2) is 0 Å². The van der Waals surface area contributed by atoms with Gasteiger partial charge in [-0.15, -0.1) is 0 Å². The summed E-state index contributed by atoms with van der Waals surface area (Å²) in [5.41, 5.74) is 0.556. The highest BCUT2D eigenvalue weighted by atomic mass is 16.5. The third-order valence-electron chi connectivity index (χ3n) is 1.79. The van der Waals surface area contributed by atoms with Crippen molar-refractivity contribution in [1.82, 2.24) is 0 Å². The van der Waals surface area contributed by atoms with Crippen molar-refractivity contribution in [2.75, 3.05) is 11.9 Å². The molecule has 5 nitrogen and oxygen atoms in total. The Morgan fingerprint density at radius 3 is 2.69 bits per heavy atom. The summed E-state index contributed by atoms with van der Waals surface area (Å²) < 4.78 is 9.03. The van der Waals surface area contributed by atoms with Gasteiger partial charge in [0.25, 0.3) is 0 Å². The number of anilines is 1. The van der Waals surface area contributed by atoms with Crippen molar-refractivity contribution in [2.45, 2.75) is 6.92 Å². The van der Waals surface area contributed by atoms with Crippen LogP contribution in [0.25, 0.3) is 0 Å². The van der Waals surface area contributed by atoms with Crippen molar-refractivity contribution in [3.63, 3.8) is 0 Å². The molecule has 0 bridgehead atoms. The van der Waals surface area contributed by atoms with E-state index in [2.05, 4.69) is 17.2 Å². The first-order chi connectivity index (χ1) is 7.69. The van der Waals surface area contributed by atoms with Crippen LogP contribution in [0, 0.1) is 7.11 Å². The molecule has 1 radical (unpaired) electrons. The Labute approximate surface area is 93.4 Å². The first kappa shape index (κ1) is 12.0. The number of nitrogens with one attached hydrogen (secondary N) is 1. The summed E-state index contributed by atoms with van der Waals surface area (Å²) in [6.07, 6.45) is -0.619. The minimum atomic E-state index is -0.619. The molecule has 1 aromatic rings. The summed E-state index contributed by atoms with van der Waals surface area (Å²) in [6.45, 7) is 1.95. The van der Waals surface area contributed by atoms with E-state index in [9.17, 15) is 9.59 Å². The predicted molar refractivity (Wildman–Crippen MR) is 57.9 cm³/mol. The van der Waals surface area contributed by atoms with Crippen LogP contribution < -0.4 is 5.32 Å². The second kappa shape index (κ2) is 5.75. The van der Waals surface area contributed by atoms with E-state index >= 15 is 0 Å². The summed E-state index contributed by atoms with van der Waals surface area (Å²) in [7, 11) is 3.03. The van der Waals surface area contributed by atoms with Crippen molar-refractivity contribution < 1.29 is 19.1 Å². The van der Waals surface area contributed by atoms with E-state index in [1.165, 1.54) is 6.07 Å². The lowest BCUT2D eigenvalue weighted by Crippen LogP contribution is -2.16. The predicted octanol–water partition coefficient (Wildman–Crippen LogP) is 2.20. The van der Waals surface area contributed by atoms with Crippen LogP contribution in [0.15, 0.2) is 24.3 Å². The number of esters is 1. The summed E-state index contributed by atoms with van der Waals surface area (Å²) >= 11 is 0. The van der Waals surface area contributed by atoms with Gasteiger partial charge >= 0.3 is 12.1 Å². The van der Waals surface area contributed by atoms with Gasteiger partial charge in [-0.2, -0.15) is 0 Å². The van der Waals surface area contributed by atoms with Crippen molar-refractivity contribution in [2.24, 2.45) is 0 Å². The van der Waals surface area contributed by atoms with E-state index in [-0.39, 0.29) is 12.2 Å². The van der Waals surface area contributed by atoms with Crippen molar-refractivity contribution in [3.05, 3.63) is 36.9 Å². The standard InChI is InChI=1S/C11H12NO4/c1-3-16-11(14)12-9-7-5-4-6-8(9)10(13)15-2/h4-7H,2-3H2,1H3,(H,12,14). The van der Waals surface area contributed by atoms with Gasteiger partial charge in [-0.25, -0.2) is 9.59 Å².